The fourth-order valence-electron chi connectivity index (χ4n) is 2.05. The van der Waals surface area contributed by atoms with Crippen molar-refractivity contribution in [1.82, 2.24) is 4.90 Å². The van der Waals surface area contributed by atoms with Gasteiger partial charge in [0.05, 0.1) is 12.7 Å². The lowest BCUT2D eigenvalue weighted by atomic mass is 10.1. The summed E-state index contributed by atoms with van der Waals surface area (Å²) in [5.74, 6) is 1.30. The first-order chi connectivity index (χ1) is 9.58. The summed E-state index contributed by atoms with van der Waals surface area (Å²) in [6.07, 6.45) is 1.85. The molecule has 116 valence electrons. The van der Waals surface area contributed by atoms with Crippen LogP contribution in [-0.2, 0) is 4.79 Å². The van der Waals surface area contributed by atoms with Gasteiger partial charge in [-0.2, -0.15) is 0 Å². The lowest BCUT2D eigenvalue weighted by molar-refractivity contribution is -0.127. The van der Waals surface area contributed by atoms with Crippen molar-refractivity contribution in [3.63, 3.8) is 0 Å². The van der Waals surface area contributed by atoms with Crippen molar-refractivity contribution in [3.05, 3.63) is 29.3 Å². The highest BCUT2D eigenvalue weighted by molar-refractivity contribution is 5.99. The molecule has 0 bridgehead atoms. The third-order valence-electron chi connectivity index (χ3n) is 3.53. The summed E-state index contributed by atoms with van der Waals surface area (Å²) in [6, 6.07) is 5.60. The van der Waals surface area contributed by atoms with E-state index in [1.807, 2.05) is 31.2 Å². The molecule has 1 aliphatic rings. The summed E-state index contributed by atoms with van der Waals surface area (Å²) in [6.45, 7) is 2.59. The topological polar surface area (TPSA) is 64.8 Å². The van der Waals surface area contributed by atoms with Crippen LogP contribution < -0.4 is 15.2 Å². The number of fused-ring (bicyclic) bond motifs is 1. The molecule has 0 saturated heterocycles. The zero-order valence-electron chi connectivity index (χ0n) is 12.5. The van der Waals surface area contributed by atoms with Gasteiger partial charge < -0.3 is 20.1 Å². The van der Waals surface area contributed by atoms with Crippen LogP contribution in [0.25, 0.3) is 6.08 Å². The van der Waals surface area contributed by atoms with E-state index in [0.29, 0.717) is 23.6 Å². The summed E-state index contributed by atoms with van der Waals surface area (Å²) in [7, 11) is 3.35. The molecule has 5 nitrogen and oxygen atoms in total. The highest BCUT2D eigenvalue weighted by Crippen LogP contribution is 2.35. The molecule has 0 spiro atoms. The zero-order valence-corrected chi connectivity index (χ0v) is 13.3. The second-order valence-electron chi connectivity index (χ2n) is 4.84. The predicted molar refractivity (Wildman–Crippen MR) is 85.0 cm³/mol. The minimum absolute atomic E-state index is 0. The number of likely N-dealkylation sites (N-methyl/N-ethyl adjacent to an activating group) is 1. The number of hydrogen-bond donors (Lipinski definition) is 1. The maximum atomic E-state index is 12.4. The molecule has 0 aliphatic carbocycles. The minimum atomic E-state index is -0.0589. The largest absolute Gasteiger partial charge is 0.493 e. The molecule has 1 amide bonds. The maximum absolute atomic E-state index is 12.4. The first-order valence-corrected chi connectivity index (χ1v) is 6.56. The Bertz CT molecular complexity index is 546. The molecule has 2 N–H and O–H groups in total. The van der Waals surface area contributed by atoms with E-state index >= 15 is 0 Å². The lowest BCUT2D eigenvalue weighted by Crippen LogP contribution is -2.41. The second-order valence-corrected chi connectivity index (χ2v) is 4.84. The van der Waals surface area contributed by atoms with Crippen LogP contribution in [0.2, 0.25) is 0 Å². The van der Waals surface area contributed by atoms with E-state index in [2.05, 4.69) is 0 Å². The van der Waals surface area contributed by atoms with E-state index in [0.717, 1.165) is 5.56 Å². The van der Waals surface area contributed by atoms with Crippen LogP contribution in [-0.4, -0.2) is 44.2 Å². The molecule has 0 radical (unpaired) electrons. The Morgan fingerprint density at radius 2 is 2.24 bits per heavy atom. The van der Waals surface area contributed by atoms with Crippen molar-refractivity contribution in [2.75, 3.05) is 27.3 Å². The minimum Gasteiger partial charge on any atom is -0.493 e. The number of ether oxygens (including phenoxy) is 2. The Morgan fingerprint density at radius 3 is 2.86 bits per heavy atom. The Hall–Kier alpha value is -1.72. The highest BCUT2D eigenvalue weighted by Gasteiger charge is 2.23. The van der Waals surface area contributed by atoms with Crippen LogP contribution in [0.1, 0.15) is 12.5 Å². The molecule has 6 heteroatoms. The van der Waals surface area contributed by atoms with Crippen LogP contribution in [0.4, 0.5) is 0 Å². The molecule has 0 aromatic heterocycles. The SMILES string of the molecule is COc1cccc2c1OCC(C(=O)N(C)C(C)CN)=C2.Cl. The van der Waals surface area contributed by atoms with Crippen LogP contribution in [0.5, 0.6) is 11.5 Å². The number of nitrogens with two attached hydrogens (primary N) is 1. The van der Waals surface area contributed by atoms with E-state index in [4.69, 9.17) is 15.2 Å². The molecular formula is C15H21ClN2O3. The van der Waals surface area contributed by atoms with Gasteiger partial charge in [-0.3, -0.25) is 4.79 Å². The Morgan fingerprint density at radius 1 is 1.52 bits per heavy atom. The number of hydrogen-bond acceptors (Lipinski definition) is 4. The van der Waals surface area contributed by atoms with Crippen LogP contribution in [0.3, 0.4) is 0 Å². The number of nitrogens with zero attached hydrogens (tertiary/aromatic N) is 1. The fourth-order valence-corrected chi connectivity index (χ4v) is 2.05. The van der Waals surface area contributed by atoms with Gasteiger partial charge >= 0.3 is 0 Å². The molecule has 1 unspecified atom stereocenters. The average Bonchev–Trinajstić information content (AvgIpc) is 2.51. The highest BCUT2D eigenvalue weighted by atomic mass is 35.5. The number of amides is 1. The molecule has 1 heterocycles. The van der Waals surface area contributed by atoms with Crippen molar-refractivity contribution >= 4 is 24.4 Å². The van der Waals surface area contributed by atoms with Gasteiger partial charge in [0, 0.05) is 25.2 Å². The molecule has 0 fully saturated rings. The smallest absolute Gasteiger partial charge is 0.253 e. The van der Waals surface area contributed by atoms with Crippen molar-refractivity contribution < 1.29 is 14.3 Å². The molecular weight excluding hydrogens is 292 g/mol. The molecule has 1 aromatic rings. The van der Waals surface area contributed by atoms with Crippen LogP contribution >= 0.6 is 12.4 Å². The summed E-state index contributed by atoms with van der Waals surface area (Å²) < 4.78 is 10.9. The molecule has 0 saturated carbocycles. The van der Waals surface area contributed by atoms with Crippen molar-refractivity contribution in [2.24, 2.45) is 5.73 Å². The summed E-state index contributed by atoms with van der Waals surface area (Å²) in [5.41, 5.74) is 7.07. The first kappa shape index (κ1) is 17.3. The third kappa shape index (κ3) is 3.49. The Labute approximate surface area is 131 Å². The van der Waals surface area contributed by atoms with Crippen LogP contribution in [0, 0.1) is 0 Å². The normalized spacial score (nSPS) is 14.0. The summed E-state index contributed by atoms with van der Waals surface area (Å²) in [4.78, 5) is 14.0. The van der Waals surface area contributed by atoms with Gasteiger partial charge in [-0.25, -0.2) is 0 Å². The molecule has 1 aliphatic heterocycles. The standard InChI is InChI=1S/C15H20N2O3.ClH/c1-10(8-16)17(2)15(18)12-7-11-5-4-6-13(19-3)14(11)20-9-12;/h4-7,10H,8-9,16H2,1-3H3;1H. The van der Waals surface area contributed by atoms with E-state index in [1.165, 1.54) is 0 Å². The van der Waals surface area contributed by atoms with E-state index in [-0.39, 0.29) is 31.0 Å². The van der Waals surface area contributed by atoms with E-state index in [9.17, 15) is 4.79 Å². The summed E-state index contributed by atoms with van der Waals surface area (Å²) >= 11 is 0. The van der Waals surface area contributed by atoms with Crippen molar-refractivity contribution in [1.29, 1.82) is 0 Å². The lowest BCUT2D eigenvalue weighted by Gasteiger charge is -2.27. The molecule has 2 rings (SSSR count). The number of halogens is 1. The van der Waals surface area contributed by atoms with Gasteiger partial charge in [-0.05, 0) is 19.1 Å². The average molecular weight is 313 g/mol. The van der Waals surface area contributed by atoms with Gasteiger partial charge in [0.25, 0.3) is 5.91 Å². The number of carbonyl (C=O) groups is 1. The number of benzene rings is 1. The molecule has 21 heavy (non-hydrogen) atoms. The second kappa shape index (κ2) is 7.33. The van der Waals surface area contributed by atoms with Gasteiger partial charge in [-0.1, -0.05) is 12.1 Å². The van der Waals surface area contributed by atoms with Crippen molar-refractivity contribution in [3.8, 4) is 11.5 Å². The Kier molecular flexibility index (Phi) is 6.05. The summed E-state index contributed by atoms with van der Waals surface area (Å²) in [5, 5.41) is 0. The third-order valence-corrected chi connectivity index (χ3v) is 3.53. The number of para-hydroxylation sites is 1. The predicted octanol–water partition coefficient (Wildman–Crippen LogP) is 1.70. The van der Waals surface area contributed by atoms with Gasteiger partial charge in [-0.15, -0.1) is 12.4 Å². The monoisotopic (exact) mass is 312 g/mol. The number of rotatable bonds is 4. The Balaban J connectivity index is 0.00000220. The number of methoxy groups -OCH3 is 1. The van der Waals surface area contributed by atoms with E-state index < -0.39 is 0 Å². The zero-order chi connectivity index (χ0) is 14.7. The molecule has 1 atom stereocenters. The van der Waals surface area contributed by atoms with E-state index in [1.54, 1.807) is 19.1 Å². The quantitative estimate of drug-likeness (QED) is 0.919. The van der Waals surface area contributed by atoms with Gasteiger partial charge in [0.2, 0.25) is 0 Å². The molecule has 1 aromatic carbocycles. The van der Waals surface area contributed by atoms with Crippen molar-refractivity contribution in [2.45, 2.75) is 13.0 Å². The maximum Gasteiger partial charge on any atom is 0.253 e. The fraction of sp³-hybridized carbons (Fsp3) is 0.400. The van der Waals surface area contributed by atoms with Gasteiger partial charge in [0.1, 0.15) is 6.61 Å². The van der Waals surface area contributed by atoms with Crippen LogP contribution in [0.15, 0.2) is 23.8 Å². The van der Waals surface area contributed by atoms with Gasteiger partial charge in [0.15, 0.2) is 11.5 Å². The number of carbonyl (C=O) groups excluding carboxylic acids is 1. The first-order valence-electron chi connectivity index (χ1n) is 6.56.